The summed E-state index contributed by atoms with van der Waals surface area (Å²) in [4.78, 5) is 24.4. The predicted octanol–water partition coefficient (Wildman–Crippen LogP) is 2.20. The molecule has 1 aliphatic carbocycles. The first-order valence-corrected chi connectivity index (χ1v) is 11.2. The van der Waals surface area contributed by atoms with Crippen LogP contribution >= 0.6 is 0 Å². The van der Waals surface area contributed by atoms with Gasteiger partial charge in [-0.05, 0) is 26.7 Å². The number of hydrogen-bond acceptors (Lipinski definition) is 5. The first-order valence-electron chi connectivity index (χ1n) is 11.2. The lowest BCUT2D eigenvalue weighted by Crippen LogP contribution is -2.48. The summed E-state index contributed by atoms with van der Waals surface area (Å²) in [6, 6.07) is 1.53. The number of rotatable bonds is 5. The van der Waals surface area contributed by atoms with Crippen molar-refractivity contribution in [3.05, 3.63) is 0 Å². The summed E-state index contributed by atoms with van der Waals surface area (Å²) in [5.41, 5.74) is 0. The molecular formula is C22H43N3O4. The van der Waals surface area contributed by atoms with Gasteiger partial charge in [0.15, 0.2) is 0 Å². The summed E-state index contributed by atoms with van der Waals surface area (Å²) in [5.74, 6) is 0.949. The van der Waals surface area contributed by atoms with Crippen LogP contribution in [0.2, 0.25) is 0 Å². The molecule has 2 amide bonds. The van der Waals surface area contributed by atoms with E-state index in [0.717, 1.165) is 39.1 Å². The zero-order chi connectivity index (χ0) is 21.8. The Bertz CT molecular complexity index is 469. The summed E-state index contributed by atoms with van der Waals surface area (Å²) >= 11 is 0. The predicted molar refractivity (Wildman–Crippen MR) is 116 cm³/mol. The van der Waals surface area contributed by atoms with Gasteiger partial charge in [-0.25, -0.2) is 0 Å². The first-order chi connectivity index (χ1) is 13.7. The number of morpholine rings is 1. The third-order valence-electron chi connectivity index (χ3n) is 4.93. The van der Waals surface area contributed by atoms with Crippen molar-refractivity contribution < 1.29 is 19.1 Å². The smallest absolute Gasteiger partial charge is 0.225 e. The number of carbonyl (C=O) groups is 2. The van der Waals surface area contributed by atoms with E-state index in [4.69, 9.17) is 9.47 Å². The Morgan fingerprint density at radius 2 is 1.48 bits per heavy atom. The molecule has 2 aliphatic heterocycles. The monoisotopic (exact) mass is 413 g/mol. The maximum Gasteiger partial charge on any atom is 0.225 e. The fourth-order valence-corrected chi connectivity index (χ4v) is 3.03. The van der Waals surface area contributed by atoms with Gasteiger partial charge < -0.3 is 25.0 Å². The lowest BCUT2D eigenvalue weighted by atomic mass is 9.85. The van der Waals surface area contributed by atoms with Crippen LogP contribution in [0.4, 0.5) is 0 Å². The molecule has 0 aromatic carbocycles. The topological polar surface area (TPSA) is 79.9 Å². The van der Waals surface area contributed by atoms with Crippen LogP contribution in [0, 0.1) is 11.8 Å². The summed E-state index contributed by atoms with van der Waals surface area (Å²) in [5, 5.41) is 6.26. The van der Waals surface area contributed by atoms with Crippen molar-refractivity contribution in [1.82, 2.24) is 15.5 Å². The fourth-order valence-electron chi connectivity index (χ4n) is 3.03. The highest BCUT2D eigenvalue weighted by atomic mass is 16.5. The summed E-state index contributed by atoms with van der Waals surface area (Å²) in [7, 11) is 0. The van der Waals surface area contributed by atoms with E-state index in [1.54, 1.807) is 0 Å². The van der Waals surface area contributed by atoms with Gasteiger partial charge in [-0.15, -0.1) is 0 Å². The van der Waals surface area contributed by atoms with E-state index in [-0.39, 0.29) is 17.7 Å². The van der Waals surface area contributed by atoms with E-state index >= 15 is 0 Å². The number of ether oxygens (including phenoxy) is 2. The Kier molecular flexibility index (Phi) is 12.4. The molecular weight excluding hydrogens is 370 g/mol. The van der Waals surface area contributed by atoms with Crippen molar-refractivity contribution in [2.24, 2.45) is 11.8 Å². The molecule has 2 heterocycles. The molecule has 7 heteroatoms. The van der Waals surface area contributed by atoms with Crippen molar-refractivity contribution in [3.63, 3.8) is 0 Å². The van der Waals surface area contributed by atoms with Gasteiger partial charge in [-0.1, -0.05) is 34.1 Å². The largest absolute Gasteiger partial charge is 0.378 e. The molecule has 3 fully saturated rings. The van der Waals surface area contributed by atoms with Crippen LogP contribution in [-0.2, 0) is 19.1 Å². The third-order valence-corrected chi connectivity index (χ3v) is 4.93. The second-order valence-corrected chi connectivity index (χ2v) is 8.94. The van der Waals surface area contributed by atoms with Crippen LogP contribution in [-0.4, -0.2) is 74.4 Å². The van der Waals surface area contributed by atoms with E-state index in [1.165, 1.54) is 6.42 Å². The van der Waals surface area contributed by atoms with Crippen LogP contribution in [0.3, 0.4) is 0 Å². The lowest BCUT2D eigenvalue weighted by Gasteiger charge is -2.28. The van der Waals surface area contributed by atoms with Gasteiger partial charge in [0.25, 0.3) is 0 Å². The number of nitrogens with one attached hydrogen (secondary N) is 2. The van der Waals surface area contributed by atoms with E-state index in [2.05, 4.69) is 24.5 Å². The number of carbonyl (C=O) groups excluding carboxylic acids is 2. The molecule has 2 N–H and O–H groups in total. The molecule has 29 heavy (non-hydrogen) atoms. The minimum absolute atomic E-state index is 0.119. The van der Waals surface area contributed by atoms with Crippen LogP contribution in [0.15, 0.2) is 0 Å². The maximum atomic E-state index is 11.4. The van der Waals surface area contributed by atoms with E-state index in [9.17, 15) is 9.59 Å². The van der Waals surface area contributed by atoms with Gasteiger partial charge in [0.2, 0.25) is 11.8 Å². The highest BCUT2D eigenvalue weighted by molar-refractivity contribution is 5.79. The van der Waals surface area contributed by atoms with Crippen LogP contribution in [0.1, 0.15) is 60.8 Å². The minimum Gasteiger partial charge on any atom is -0.378 e. The molecule has 0 atom stereocenters. The van der Waals surface area contributed by atoms with Crippen molar-refractivity contribution in [2.75, 3.05) is 39.5 Å². The summed E-state index contributed by atoms with van der Waals surface area (Å²) < 4.78 is 10.1. The lowest BCUT2D eigenvalue weighted by molar-refractivity contribution is -0.138. The molecule has 2 saturated heterocycles. The van der Waals surface area contributed by atoms with Gasteiger partial charge >= 0.3 is 0 Å². The van der Waals surface area contributed by atoms with Gasteiger partial charge in [-0.2, -0.15) is 0 Å². The molecule has 3 rings (SSSR count). The zero-order valence-corrected chi connectivity index (χ0v) is 19.3. The molecule has 0 aromatic heterocycles. The average molecular weight is 414 g/mol. The number of nitrogens with zero attached hydrogens (tertiary/aromatic N) is 1. The molecule has 0 radical (unpaired) electrons. The SMILES string of the molecule is CC(C)C(=O)N1CCOCC1.CC(C)NC(=O)C1CCC1.CC(C)NC1COC1. The highest BCUT2D eigenvalue weighted by Gasteiger charge is 2.25. The normalized spacial score (nSPS) is 19.6. The standard InChI is InChI=1S/C8H15NO2.C8H15NO.C6H13NO/c1-7(2)8(10)9-3-5-11-6-4-9;1-6(2)9-8(10)7-4-3-5-7;1-5(2)7-6-3-8-4-6/h7H,3-6H2,1-2H3;6-7H,3-5H2,1-2H3,(H,9,10);5-7H,3-4H2,1-2H3. The van der Waals surface area contributed by atoms with Gasteiger partial charge in [-0.3, -0.25) is 9.59 Å². The van der Waals surface area contributed by atoms with E-state index in [0.29, 0.717) is 37.3 Å². The Morgan fingerprint density at radius 1 is 0.897 bits per heavy atom. The second-order valence-electron chi connectivity index (χ2n) is 8.94. The van der Waals surface area contributed by atoms with Crippen molar-refractivity contribution >= 4 is 11.8 Å². The molecule has 0 spiro atoms. The maximum absolute atomic E-state index is 11.4. The Hall–Kier alpha value is -1.18. The average Bonchev–Trinajstić information content (AvgIpc) is 2.57. The van der Waals surface area contributed by atoms with Gasteiger partial charge in [0.05, 0.1) is 32.5 Å². The van der Waals surface area contributed by atoms with E-state index < -0.39 is 0 Å². The molecule has 0 bridgehead atoms. The fraction of sp³-hybridized carbons (Fsp3) is 0.909. The highest BCUT2D eigenvalue weighted by Crippen LogP contribution is 2.26. The molecule has 3 aliphatic rings. The summed E-state index contributed by atoms with van der Waals surface area (Å²) in [6.07, 6.45) is 3.42. The van der Waals surface area contributed by atoms with Gasteiger partial charge in [0.1, 0.15) is 0 Å². The second kappa shape index (κ2) is 13.9. The summed E-state index contributed by atoms with van der Waals surface area (Å²) in [6.45, 7) is 16.9. The number of hydrogen-bond donors (Lipinski definition) is 2. The molecule has 170 valence electrons. The van der Waals surface area contributed by atoms with Crippen molar-refractivity contribution in [3.8, 4) is 0 Å². The first kappa shape index (κ1) is 25.9. The van der Waals surface area contributed by atoms with Crippen molar-refractivity contribution in [1.29, 1.82) is 0 Å². The van der Waals surface area contributed by atoms with Crippen molar-refractivity contribution in [2.45, 2.75) is 78.9 Å². The quantitative estimate of drug-likeness (QED) is 0.722. The zero-order valence-electron chi connectivity index (χ0n) is 19.3. The number of amides is 2. The van der Waals surface area contributed by atoms with Crippen LogP contribution in [0.25, 0.3) is 0 Å². The van der Waals surface area contributed by atoms with Crippen LogP contribution in [0.5, 0.6) is 0 Å². The molecule has 7 nitrogen and oxygen atoms in total. The third kappa shape index (κ3) is 11.0. The van der Waals surface area contributed by atoms with Crippen LogP contribution < -0.4 is 10.6 Å². The molecule has 0 aromatic rings. The molecule has 0 unspecified atom stereocenters. The Labute approximate surface area is 177 Å². The van der Waals surface area contributed by atoms with E-state index in [1.807, 2.05) is 32.6 Å². The van der Waals surface area contributed by atoms with Gasteiger partial charge in [0, 0.05) is 37.0 Å². The minimum atomic E-state index is 0.119. The molecule has 1 saturated carbocycles. The Morgan fingerprint density at radius 3 is 1.79 bits per heavy atom. The Balaban J connectivity index is 0.000000220.